The lowest BCUT2D eigenvalue weighted by molar-refractivity contribution is 0.416. The maximum absolute atomic E-state index is 12.4. The average Bonchev–Trinajstić information content (AvgIpc) is 2.91. The SMILES string of the molecule is Cc1nc(S(=O)(=O)NCc2c(C3CCC3)cnn2C)cn1C. The van der Waals surface area contributed by atoms with Crippen LogP contribution in [0.25, 0.3) is 0 Å². The van der Waals surface area contributed by atoms with Crippen molar-refractivity contribution in [2.24, 2.45) is 14.1 Å². The van der Waals surface area contributed by atoms with Crippen LogP contribution in [0.4, 0.5) is 0 Å². The Kier molecular flexibility index (Phi) is 3.82. The molecule has 0 aromatic carbocycles. The van der Waals surface area contributed by atoms with Crippen molar-refractivity contribution in [1.82, 2.24) is 24.1 Å². The van der Waals surface area contributed by atoms with E-state index in [9.17, 15) is 8.42 Å². The van der Waals surface area contributed by atoms with Crippen LogP contribution in [0.5, 0.6) is 0 Å². The molecule has 0 aliphatic heterocycles. The molecule has 7 nitrogen and oxygen atoms in total. The van der Waals surface area contributed by atoms with Gasteiger partial charge in [0.05, 0.1) is 18.4 Å². The van der Waals surface area contributed by atoms with Crippen LogP contribution in [0.2, 0.25) is 0 Å². The van der Waals surface area contributed by atoms with Crippen LogP contribution in [0.3, 0.4) is 0 Å². The van der Waals surface area contributed by atoms with Gasteiger partial charge in [-0.15, -0.1) is 0 Å². The van der Waals surface area contributed by atoms with Crippen molar-refractivity contribution >= 4 is 10.0 Å². The minimum absolute atomic E-state index is 0.0554. The molecular weight excluding hydrogens is 302 g/mol. The molecule has 1 aliphatic rings. The Bertz CT molecular complexity index is 767. The van der Waals surface area contributed by atoms with Gasteiger partial charge in [-0.2, -0.15) is 5.10 Å². The van der Waals surface area contributed by atoms with E-state index in [1.165, 1.54) is 12.6 Å². The summed E-state index contributed by atoms with van der Waals surface area (Å²) in [6, 6.07) is 0. The number of nitrogens with one attached hydrogen (secondary N) is 1. The summed E-state index contributed by atoms with van der Waals surface area (Å²) in [7, 11) is 0.00992. The lowest BCUT2D eigenvalue weighted by atomic mass is 9.80. The van der Waals surface area contributed by atoms with Crippen molar-refractivity contribution in [3.05, 3.63) is 29.5 Å². The predicted octanol–water partition coefficient (Wildman–Crippen LogP) is 1.21. The lowest BCUT2D eigenvalue weighted by Crippen LogP contribution is -2.26. The summed E-state index contributed by atoms with van der Waals surface area (Å²) in [5.41, 5.74) is 2.09. The van der Waals surface area contributed by atoms with Crippen LogP contribution in [0.1, 0.15) is 42.3 Å². The summed E-state index contributed by atoms with van der Waals surface area (Å²) >= 11 is 0. The van der Waals surface area contributed by atoms with Gasteiger partial charge in [-0.3, -0.25) is 4.68 Å². The van der Waals surface area contributed by atoms with Crippen molar-refractivity contribution < 1.29 is 8.42 Å². The fraction of sp³-hybridized carbons (Fsp3) is 0.571. The summed E-state index contributed by atoms with van der Waals surface area (Å²) in [6.07, 6.45) is 6.93. The highest BCUT2D eigenvalue weighted by Crippen LogP contribution is 2.37. The molecule has 120 valence electrons. The molecule has 22 heavy (non-hydrogen) atoms. The number of hydrogen-bond donors (Lipinski definition) is 1. The molecule has 0 amide bonds. The highest BCUT2D eigenvalue weighted by atomic mass is 32.2. The summed E-state index contributed by atoms with van der Waals surface area (Å²) < 4.78 is 30.8. The number of aromatic nitrogens is 4. The van der Waals surface area contributed by atoms with Gasteiger partial charge in [-0.1, -0.05) is 6.42 Å². The van der Waals surface area contributed by atoms with Gasteiger partial charge in [0.25, 0.3) is 10.0 Å². The molecule has 0 atom stereocenters. The average molecular weight is 323 g/mol. The Labute approximate surface area is 130 Å². The summed E-state index contributed by atoms with van der Waals surface area (Å²) in [5, 5.41) is 4.33. The summed E-state index contributed by atoms with van der Waals surface area (Å²) in [6.45, 7) is 2.01. The topological polar surface area (TPSA) is 81.8 Å². The lowest BCUT2D eigenvalue weighted by Gasteiger charge is -2.25. The summed E-state index contributed by atoms with van der Waals surface area (Å²) in [4.78, 5) is 4.08. The number of sulfonamides is 1. The first kappa shape index (κ1) is 15.2. The van der Waals surface area contributed by atoms with Gasteiger partial charge in [-0.05, 0) is 31.2 Å². The van der Waals surface area contributed by atoms with E-state index >= 15 is 0 Å². The number of nitrogens with zero attached hydrogens (tertiary/aromatic N) is 4. The largest absolute Gasteiger partial charge is 0.337 e. The zero-order valence-electron chi connectivity index (χ0n) is 13.1. The van der Waals surface area contributed by atoms with Crippen molar-refractivity contribution in [3.63, 3.8) is 0 Å². The molecule has 0 saturated heterocycles. The fourth-order valence-electron chi connectivity index (χ4n) is 2.65. The fourth-order valence-corrected chi connectivity index (χ4v) is 3.67. The third-order valence-corrected chi connectivity index (χ3v) is 5.70. The van der Waals surface area contributed by atoms with E-state index in [0.29, 0.717) is 11.7 Å². The zero-order chi connectivity index (χ0) is 15.9. The van der Waals surface area contributed by atoms with Crippen LogP contribution < -0.4 is 4.72 Å². The minimum Gasteiger partial charge on any atom is -0.337 e. The van der Waals surface area contributed by atoms with E-state index in [2.05, 4.69) is 14.8 Å². The number of imidazole rings is 1. The van der Waals surface area contributed by atoms with Gasteiger partial charge in [0.15, 0.2) is 5.03 Å². The van der Waals surface area contributed by atoms with E-state index in [1.807, 2.05) is 13.2 Å². The molecule has 1 aliphatic carbocycles. The van der Waals surface area contributed by atoms with Gasteiger partial charge in [0, 0.05) is 20.3 Å². The Morgan fingerprint density at radius 3 is 2.64 bits per heavy atom. The van der Waals surface area contributed by atoms with Crippen LogP contribution >= 0.6 is 0 Å². The van der Waals surface area contributed by atoms with Gasteiger partial charge in [0.1, 0.15) is 5.82 Å². The highest BCUT2D eigenvalue weighted by molar-refractivity contribution is 7.89. The Hall–Kier alpha value is -1.67. The van der Waals surface area contributed by atoms with E-state index < -0.39 is 10.0 Å². The Morgan fingerprint density at radius 2 is 2.09 bits per heavy atom. The molecule has 8 heteroatoms. The Morgan fingerprint density at radius 1 is 1.36 bits per heavy atom. The first-order valence-corrected chi connectivity index (χ1v) is 8.87. The van der Waals surface area contributed by atoms with Gasteiger partial charge in [-0.25, -0.2) is 18.1 Å². The van der Waals surface area contributed by atoms with E-state index in [4.69, 9.17) is 0 Å². The molecule has 2 heterocycles. The van der Waals surface area contributed by atoms with E-state index in [1.54, 1.807) is 23.2 Å². The van der Waals surface area contributed by atoms with Crippen LogP contribution in [0, 0.1) is 6.92 Å². The normalized spacial score (nSPS) is 16.0. The number of hydrogen-bond acceptors (Lipinski definition) is 4. The molecule has 0 bridgehead atoms. The molecular formula is C14H21N5O2S. The second kappa shape index (κ2) is 5.51. The maximum atomic E-state index is 12.4. The second-order valence-corrected chi connectivity index (χ2v) is 7.57. The zero-order valence-corrected chi connectivity index (χ0v) is 13.9. The van der Waals surface area contributed by atoms with Crippen molar-refractivity contribution in [3.8, 4) is 0 Å². The van der Waals surface area contributed by atoms with E-state index in [-0.39, 0.29) is 11.6 Å². The molecule has 2 aromatic heterocycles. The van der Waals surface area contributed by atoms with Crippen LogP contribution in [0.15, 0.2) is 17.4 Å². The minimum atomic E-state index is -3.61. The highest BCUT2D eigenvalue weighted by Gasteiger charge is 2.26. The maximum Gasteiger partial charge on any atom is 0.259 e. The third kappa shape index (κ3) is 2.68. The molecule has 3 rings (SSSR count). The first-order valence-electron chi connectivity index (χ1n) is 7.39. The van der Waals surface area contributed by atoms with Gasteiger partial charge < -0.3 is 4.57 Å². The van der Waals surface area contributed by atoms with Gasteiger partial charge >= 0.3 is 0 Å². The van der Waals surface area contributed by atoms with Crippen molar-refractivity contribution in [2.45, 2.75) is 43.7 Å². The smallest absolute Gasteiger partial charge is 0.259 e. The standard InChI is InChI=1S/C14H21N5O2S/c1-10-17-14(9-18(10)2)22(20,21)16-8-13-12(7-15-19(13)3)11-5-4-6-11/h7,9,11,16H,4-6,8H2,1-3H3. The predicted molar refractivity (Wildman–Crippen MR) is 81.8 cm³/mol. The third-order valence-electron chi connectivity index (χ3n) is 4.43. The first-order chi connectivity index (χ1) is 10.4. The quantitative estimate of drug-likeness (QED) is 0.896. The molecule has 1 saturated carbocycles. The second-order valence-electron chi connectivity index (χ2n) is 5.86. The van der Waals surface area contributed by atoms with Crippen LogP contribution in [-0.2, 0) is 30.7 Å². The Balaban J connectivity index is 1.78. The molecule has 2 aromatic rings. The van der Waals surface area contributed by atoms with Crippen molar-refractivity contribution in [2.75, 3.05) is 0 Å². The summed E-state index contributed by atoms with van der Waals surface area (Å²) in [5.74, 6) is 1.18. The number of aryl methyl sites for hydroxylation is 3. The molecule has 1 fully saturated rings. The molecule has 0 radical (unpaired) electrons. The van der Waals surface area contributed by atoms with Crippen molar-refractivity contribution in [1.29, 1.82) is 0 Å². The van der Waals surface area contributed by atoms with Crippen LogP contribution in [-0.4, -0.2) is 27.7 Å². The monoisotopic (exact) mass is 323 g/mol. The molecule has 0 spiro atoms. The molecule has 0 unspecified atom stereocenters. The number of rotatable bonds is 5. The molecule has 1 N–H and O–H groups in total. The van der Waals surface area contributed by atoms with E-state index in [0.717, 1.165) is 24.1 Å². The van der Waals surface area contributed by atoms with Gasteiger partial charge in [0.2, 0.25) is 0 Å².